The third-order valence-corrected chi connectivity index (χ3v) is 5.41. The number of rotatable bonds is 4. The first kappa shape index (κ1) is 19.3. The molecule has 142 valence electrons. The zero-order chi connectivity index (χ0) is 19.6. The number of benzene rings is 1. The summed E-state index contributed by atoms with van der Waals surface area (Å²) in [6, 6.07) is 10.2. The molecule has 1 aliphatic heterocycles. The van der Waals surface area contributed by atoms with Crippen LogP contribution in [0.3, 0.4) is 0 Å². The van der Waals surface area contributed by atoms with E-state index in [1.54, 1.807) is 12.1 Å². The van der Waals surface area contributed by atoms with Crippen LogP contribution in [0.2, 0.25) is 0 Å². The molecule has 0 spiro atoms. The Balaban J connectivity index is 1.95. The van der Waals surface area contributed by atoms with Crippen molar-refractivity contribution in [1.29, 1.82) is 5.26 Å². The van der Waals surface area contributed by atoms with E-state index in [0.717, 1.165) is 16.8 Å². The Labute approximate surface area is 158 Å². The van der Waals surface area contributed by atoms with Gasteiger partial charge < -0.3 is 15.1 Å². The van der Waals surface area contributed by atoms with E-state index in [4.69, 9.17) is 0 Å². The van der Waals surface area contributed by atoms with Gasteiger partial charge in [0.2, 0.25) is 0 Å². The predicted octanol–water partition coefficient (Wildman–Crippen LogP) is 2.50. The summed E-state index contributed by atoms with van der Waals surface area (Å²) in [5.74, 6) is 0.277. The van der Waals surface area contributed by atoms with E-state index in [2.05, 4.69) is 11.1 Å². The highest BCUT2D eigenvalue weighted by atomic mass is 19.1. The number of aromatic nitrogens is 1. The standard InChI is InChI=1S/C21H24FN3O2/c1-14-9-15(2)24-20(18(14)11-23)25-8-7-19(27)21(12-25,13-26)10-16-3-5-17(22)6-4-16/h3-6,9,19,26-27H,7-8,10,12-13H2,1-2H3/t19-,21-/m0/s1. The fraction of sp³-hybridized carbons (Fsp3) is 0.429. The second-order valence-electron chi connectivity index (χ2n) is 7.44. The molecule has 1 saturated heterocycles. The molecular weight excluding hydrogens is 345 g/mol. The quantitative estimate of drug-likeness (QED) is 0.866. The number of aliphatic hydroxyl groups is 2. The third kappa shape index (κ3) is 3.80. The fourth-order valence-corrected chi connectivity index (χ4v) is 3.91. The van der Waals surface area contributed by atoms with Crippen LogP contribution in [-0.2, 0) is 6.42 Å². The SMILES string of the molecule is Cc1cc(C)c(C#N)c(N2CC[C@H](O)[C@@](CO)(Cc3ccc(F)cc3)C2)n1. The maximum atomic E-state index is 13.2. The molecule has 5 nitrogen and oxygen atoms in total. The van der Waals surface area contributed by atoms with Crippen molar-refractivity contribution < 1.29 is 14.6 Å². The molecule has 2 aromatic rings. The third-order valence-electron chi connectivity index (χ3n) is 5.41. The molecule has 1 aliphatic rings. The number of halogens is 1. The van der Waals surface area contributed by atoms with Gasteiger partial charge in [0.1, 0.15) is 17.7 Å². The Morgan fingerprint density at radius 2 is 2.04 bits per heavy atom. The zero-order valence-electron chi connectivity index (χ0n) is 15.6. The highest BCUT2D eigenvalue weighted by Crippen LogP contribution is 2.36. The minimum absolute atomic E-state index is 0.214. The van der Waals surface area contributed by atoms with E-state index in [-0.39, 0.29) is 12.4 Å². The fourth-order valence-electron chi connectivity index (χ4n) is 3.91. The number of anilines is 1. The molecule has 1 aromatic heterocycles. The van der Waals surface area contributed by atoms with Gasteiger partial charge in [-0.3, -0.25) is 0 Å². The average molecular weight is 369 g/mol. The lowest BCUT2D eigenvalue weighted by molar-refractivity contribution is -0.0292. The summed E-state index contributed by atoms with van der Waals surface area (Å²) in [4.78, 5) is 6.54. The number of nitrogens with zero attached hydrogens (tertiary/aromatic N) is 3. The number of aliphatic hydroxyl groups excluding tert-OH is 2. The molecule has 0 saturated carbocycles. The summed E-state index contributed by atoms with van der Waals surface area (Å²) in [5, 5.41) is 30.4. The molecule has 1 aromatic carbocycles. The lowest BCUT2D eigenvalue weighted by Gasteiger charge is -2.46. The Kier molecular flexibility index (Phi) is 5.45. The number of nitriles is 1. The van der Waals surface area contributed by atoms with Crippen LogP contribution >= 0.6 is 0 Å². The van der Waals surface area contributed by atoms with Gasteiger partial charge in [0.15, 0.2) is 0 Å². The Hall–Kier alpha value is -2.49. The Morgan fingerprint density at radius 3 is 2.67 bits per heavy atom. The van der Waals surface area contributed by atoms with Gasteiger partial charge in [-0.1, -0.05) is 12.1 Å². The van der Waals surface area contributed by atoms with Crippen molar-refractivity contribution in [2.45, 2.75) is 32.8 Å². The first-order valence-electron chi connectivity index (χ1n) is 9.05. The van der Waals surface area contributed by atoms with Crippen LogP contribution in [0, 0.1) is 36.4 Å². The zero-order valence-corrected chi connectivity index (χ0v) is 15.6. The van der Waals surface area contributed by atoms with E-state index in [0.29, 0.717) is 37.3 Å². The van der Waals surface area contributed by atoms with Gasteiger partial charge in [0.05, 0.1) is 18.3 Å². The van der Waals surface area contributed by atoms with Crippen molar-refractivity contribution in [3.05, 3.63) is 58.5 Å². The molecule has 3 rings (SSSR count). The Morgan fingerprint density at radius 1 is 1.33 bits per heavy atom. The van der Waals surface area contributed by atoms with Crippen LogP contribution in [0.4, 0.5) is 10.2 Å². The number of pyridine rings is 1. The topological polar surface area (TPSA) is 80.4 Å². The average Bonchev–Trinajstić information content (AvgIpc) is 2.65. The molecule has 2 heterocycles. The van der Waals surface area contributed by atoms with Crippen molar-refractivity contribution in [3.8, 4) is 6.07 Å². The summed E-state index contributed by atoms with van der Waals surface area (Å²) in [5.41, 5.74) is 2.24. The van der Waals surface area contributed by atoms with Crippen molar-refractivity contribution in [3.63, 3.8) is 0 Å². The van der Waals surface area contributed by atoms with Gasteiger partial charge in [-0.15, -0.1) is 0 Å². The second kappa shape index (κ2) is 7.63. The molecule has 0 aliphatic carbocycles. The Bertz CT molecular complexity index is 863. The number of hydrogen-bond acceptors (Lipinski definition) is 5. The molecule has 1 fully saturated rings. The molecule has 2 atom stereocenters. The van der Waals surface area contributed by atoms with Gasteiger partial charge >= 0.3 is 0 Å². The van der Waals surface area contributed by atoms with Crippen LogP contribution in [0.5, 0.6) is 0 Å². The summed E-state index contributed by atoms with van der Waals surface area (Å²) in [6.45, 7) is 4.47. The van der Waals surface area contributed by atoms with Crippen LogP contribution in [0.25, 0.3) is 0 Å². The second-order valence-corrected chi connectivity index (χ2v) is 7.44. The molecule has 27 heavy (non-hydrogen) atoms. The van der Waals surface area contributed by atoms with Crippen LogP contribution in [0.15, 0.2) is 30.3 Å². The largest absolute Gasteiger partial charge is 0.396 e. The summed E-state index contributed by atoms with van der Waals surface area (Å²) >= 11 is 0. The van der Waals surface area contributed by atoms with Crippen molar-refractivity contribution in [1.82, 2.24) is 4.98 Å². The predicted molar refractivity (Wildman–Crippen MR) is 101 cm³/mol. The van der Waals surface area contributed by atoms with E-state index >= 15 is 0 Å². The molecule has 2 N–H and O–H groups in total. The number of aryl methyl sites for hydroxylation is 2. The van der Waals surface area contributed by atoms with Gasteiger partial charge in [-0.05, 0) is 56.0 Å². The van der Waals surface area contributed by atoms with E-state index < -0.39 is 11.5 Å². The van der Waals surface area contributed by atoms with E-state index in [9.17, 15) is 19.9 Å². The maximum absolute atomic E-state index is 13.2. The highest BCUT2D eigenvalue weighted by Gasteiger charge is 2.43. The minimum atomic E-state index is -0.803. The van der Waals surface area contributed by atoms with Crippen molar-refractivity contribution in [2.24, 2.45) is 5.41 Å². The summed E-state index contributed by atoms with van der Waals surface area (Å²) in [7, 11) is 0. The number of piperidine rings is 1. The maximum Gasteiger partial charge on any atom is 0.147 e. The summed E-state index contributed by atoms with van der Waals surface area (Å²) in [6.07, 6.45) is 0.176. The highest BCUT2D eigenvalue weighted by molar-refractivity contribution is 5.58. The van der Waals surface area contributed by atoms with Crippen LogP contribution in [0.1, 0.15) is 28.8 Å². The van der Waals surface area contributed by atoms with Crippen LogP contribution in [-0.4, -0.2) is 41.0 Å². The van der Waals surface area contributed by atoms with Gasteiger partial charge in [0, 0.05) is 24.2 Å². The number of hydrogen-bond donors (Lipinski definition) is 2. The minimum Gasteiger partial charge on any atom is -0.396 e. The van der Waals surface area contributed by atoms with Crippen molar-refractivity contribution >= 4 is 5.82 Å². The van der Waals surface area contributed by atoms with E-state index in [1.165, 1.54) is 12.1 Å². The van der Waals surface area contributed by atoms with E-state index in [1.807, 2.05) is 24.8 Å². The van der Waals surface area contributed by atoms with Gasteiger partial charge in [0.25, 0.3) is 0 Å². The van der Waals surface area contributed by atoms with Crippen LogP contribution < -0.4 is 4.90 Å². The molecule has 0 bridgehead atoms. The smallest absolute Gasteiger partial charge is 0.147 e. The monoisotopic (exact) mass is 369 g/mol. The summed E-state index contributed by atoms with van der Waals surface area (Å²) < 4.78 is 13.2. The van der Waals surface area contributed by atoms with Crippen molar-refractivity contribution in [2.75, 3.05) is 24.6 Å². The normalized spacial score (nSPS) is 22.5. The molecule has 0 unspecified atom stereocenters. The molecule has 6 heteroatoms. The molecular formula is C21H24FN3O2. The first-order chi connectivity index (χ1) is 12.9. The lowest BCUT2D eigenvalue weighted by Crippen LogP contribution is -2.55. The van der Waals surface area contributed by atoms with Gasteiger partial charge in [-0.2, -0.15) is 5.26 Å². The first-order valence-corrected chi connectivity index (χ1v) is 9.05. The lowest BCUT2D eigenvalue weighted by atomic mass is 9.73. The molecule has 0 amide bonds. The van der Waals surface area contributed by atoms with Gasteiger partial charge in [-0.25, -0.2) is 9.37 Å². The molecule has 0 radical (unpaired) electrons.